The predicted octanol–water partition coefficient (Wildman–Crippen LogP) is 2.34. The molecule has 1 aliphatic carbocycles. The third kappa shape index (κ3) is 4.16. The van der Waals surface area contributed by atoms with E-state index in [9.17, 15) is 0 Å². The normalized spacial score (nSPS) is 21.3. The fourth-order valence-electron chi connectivity index (χ4n) is 2.50. The molecule has 3 nitrogen and oxygen atoms in total. The molecule has 0 spiro atoms. The highest BCUT2D eigenvalue weighted by Crippen LogP contribution is 2.19. The van der Waals surface area contributed by atoms with Gasteiger partial charge in [0, 0.05) is 36.6 Å². The van der Waals surface area contributed by atoms with Crippen molar-refractivity contribution in [2.45, 2.75) is 44.3 Å². The van der Waals surface area contributed by atoms with E-state index in [0.29, 0.717) is 12.1 Å². The quantitative estimate of drug-likeness (QED) is 0.834. The number of nitrogens with zero attached hydrogens (tertiary/aromatic N) is 1. The van der Waals surface area contributed by atoms with Gasteiger partial charge in [0.05, 0.1) is 0 Å². The van der Waals surface area contributed by atoms with Crippen LogP contribution in [0.3, 0.4) is 0 Å². The summed E-state index contributed by atoms with van der Waals surface area (Å²) in [5, 5.41) is 9.84. The van der Waals surface area contributed by atoms with E-state index in [1.165, 1.54) is 43.6 Å². The van der Waals surface area contributed by atoms with Crippen molar-refractivity contribution >= 4 is 28.7 Å². The molecule has 1 aromatic rings. The summed E-state index contributed by atoms with van der Waals surface area (Å²) in [6, 6.07) is 5.57. The maximum absolute atomic E-state index is 5.34. The largest absolute Gasteiger partial charge is 0.360 e. The minimum Gasteiger partial charge on any atom is -0.360 e. The summed E-state index contributed by atoms with van der Waals surface area (Å²) >= 11 is 7.19. The van der Waals surface area contributed by atoms with Gasteiger partial charge in [0.25, 0.3) is 0 Å². The van der Waals surface area contributed by atoms with Crippen molar-refractivity contribution in [3.05, 3.63) is 22.4 Å². The molecule has 0 aromatic carbocycles. The van der Waals surface area contributed by atoms with Gasteiger partial charge in [0.15, 0.2) is 5.11 Å². The van der Waals surface area contributed by atoms with E-state index in [1.54, 1.807) is 0 Å². The van der Waals surface area contributed by atoms with Crippen LogP contribution in [-0.2, 0) is 6.54 Å². The van der Waals surface area contributed by atoms with Crippen molar-refractivity contribution in [1.29, 1.82) is 0 Å². The molecule has 0 unspecified atom stereocenters. The Labute approximate surface area is 124 Å². The third-order valence-corrected chi connectivity index (χ3v) is 4.89. The first-order chi connectivity index (χ1) is 9.29. The van der Waals surface area contributed by atoms with Gasteiger partial charge >= 0.3 is 0 Å². The molecule has 0 amide bonds. The molecule has 0 bridgehead atoms. The zero-order valence-corrected chi connectivity index (χ0v) is 12.7. The molecule has 5 heteroatoms. The van der Waals surface area contributed by atoms with Crippen LogP contribution in [0, 0.1) is 0 Å². The average molecular weight is 295 g/mol. The smallest absolute Gasteiger partial charge is 0.166 e. The molecule has 3 rings (SSSR count). The fourth-order valence-corrected chi connectivity index (χ4v) is 3.58. The maximum Gasteiger partial charge on any atom is 0.166 e. The van der Waals surface area contributed by atoms with Gasteiger partial charge in [0.1, 0.15) is 0 Å². The molecule has 2 N–H and O–H groups in total. The molecule has 104 valence electrons. The predicted molar refractivity (Wildman–Crippen MR) is 84.5 cm³/mol. The highest BCUT2D eigenvalue weighted by Gasteiger charge is 2.24. The highest BCUT2D eigenvalue weighted by molar-refractivity contribution is 7.80. The summed E-state index contributed by atoms with van der Waals surface area (Å²) in [5.74, 6) is 0. The van der Waals surface area contributed by atoms with Crippen LogP contribution < -0.4 is 10.6 Å². The fraction of sp³-hybridized carbons (Fsp3) is 0.643. The Morgan fingerprint density at radius 1 is 1.21 bits per heavy atom. The van der Waals surface area contributed by atoms with E-state index >= 15 is 0 Å². The van der Waals surface area contributed by atoms with Crippen molar-refractivity contribution in [2.75, 3.05) is 13.1 Å². The minimum atomic E-state index is 0.554. The number of likely N-dealkylation sites (tertiary alicyclic amines) is 1. The summed E-state index contributed by atoms with van der Waals surface area (Å²) in [6.07, 6.45) is 4.94. The van der Waals surface area contributed by atoms with Crippen LogP contribution in [0.5, 0.6) is 0 Å². The second kappa shape index (κ2) is 6.20. The molecule has 2 heterocycles. The zero-order chi connectivity index (χ0) is 13.1. The summed E-state index contributed by atoms with van der Waals surface area (Å²) in [7, 11) is 0. The van der Waals surface area contributed by atoms with E-state index in [4.69, 9.17) is 12.2 Å². The van der Waals surface area contributed by atoms with Crippen molar-refractivity contribution in [3.8, 4) is 0 Å². The SMILES string of the molecule is S=C(NC1CC1)NC1CCN(Cc2cccs2)CC1. The van der Waals surface area contributed by atoms with Crippen LogP contribution >= 0.6 is 23.6 Å². The molecule has 2 aliphatic rings. The monoisotopic (exact) mass is 295 g/mol. The molecule has 2 fully saturated rings. The van der Waals surface area contributed by atoms with Gasteiger partial charge in [0.2, 0.25) is 0 Å². The Balaban J connectivity index is 1.37. The molecule has 1 saturated carbocycles. The Morgan fingerprint density at radius 2 is 1.89 bits per heavy atom. The Morgan fingerprint density at radius 3 is 2.47 bits per heavy atom. The molecule has 19 heavy (non-hydrogen) atoms. The lowest BCUT2D eigenvalue weighted by molar-refractivity contribution is 0.200. The number of thiophene rings is 1. The first-order valence-electron chi connectivity index (χ1n) is 7.11. The number of thiocarbonyl (C=S) groups is 1. The second-order valence-corrected chi connectivity index (χ2v) is 6.96. The molecule has 0 atom stereocenters. The van der Waals surface area contributed by atoms with Crippen molar-refractivity contribution < 1.29 is 0 Å². The first-order valence-corrected chi connectivity index (χ1v) is 8.40. The van der Waals surface area contributed by atoms with E-state index in [1.807, 2.05) is 11.3 Å². The van der Waals surface area contributed by atoms with Crippen LogP contribution in [-0.4, -0.2) is 35.2 Å². The van der Waals surface area contributed by atoms with Gasteiger partial charge in [-0.05, 0) is 49.3 Å². The Kier molecular flexibility index (Phi) is 4.35. The number of hydrogen-bond acceptors (Lipinski definition) is 3. The van der Waals surface area contributed by atoms with Crippen LogP contribution in [0.25, 0.3) is 0 Å². The van der Waals surface area contributed by atoms with Crippen LogP contribution in [0.1, 0.15) is 30.6 Å². The lowest BCUT2D eigenvalue weighted by Gasteiger charge is -2.32. The molecule has 1 saturated heterocycles. The highest BCUT2D eigenvalue weighted by atomic mass is 32.1. The summed E-state index contributed by atoms with van der Waals surface area (Å²) in [6.45, 7) is 3.44. The van der Waals surface area contributed by atoms with E-state index in [0.717, 1.165) is 11.7 Å². The zero-order valence-electron chi connectivity index (χ0n) is 11.1. The van der Waals surface area contributed by atoms with Gasteiger partial charge in [-0.1, -0.05) is 6.07 Å². The molecule has 1 aliphatic heterocycles. The number of nitrogens with one attached hydrogen (secondary N) is 2. The summed E-state index contributed by atoms with van der Waals surface area (Å²) < 4.78 is 0. The van der Waals surface area contributed by atoms with Gasteiger partial charge in [-0.25, -0.2) is 0 Å². The number of hydrogen-bond donors (Lipinski definition) is 2. The Bertz CT molecular complexity index is 406. The lowest BCUT2D eigenvalue weighted by atomic mass is 10.1. The van der Waals surface area contributed by atoms with Gasteiger partial charge in [-0.2, -0.15) is 0 Å². The van der Waals surface area contributed by atoms with Crippen molar-refractivity contribution in [3.63, 3.8) is 0 Å². The first kappa shape index (κ1) is 13.3. The molecule has 1 aromatic heterocycles. The summed E-state index contributed by atoms with van der Waals surface area (Å²) in [4.78, 5) is 4.01. The lowest BCUT2D eigenvalue weighted by Crippen LogP contribution is -2.48. The number of rotatable bonds is 4. The molecular weight excluding hydrogens is 274 g/mol. The van der Waals surface area contributed by atoms with E-state index < -0.39 is 0 Å². The maximum atomic E-state index is 5.34. The van der Waals surface area contributed by atoms with Gasteiger partial charge in [-0.3, -0.25) is 4.90 Å². The Hall–Kier alpha value is -0.650. The third-order valence-electron chi connectivity index (χ3n) is 3.79. The van der Waals surface area contributed by atoms with Crippen LogP contribution in [0.15, 0.2) is 17.5 Å². The summed E-state index contributed by atoms with van der Waals surface area (Å²) in [5.41, 5.74) is 0. The van der Waals surface area contributed by atoms with Gasteiger partial charge in [-0.15, -0.1) is 11.3 Å². The second-order valence-electron chi connectivity index (χ2n) is 5.52. The standard InChI is InChI=1S/C14H21N3S2/c18-14(15-11-3-4-11)16-12-5-7-17(8-6-12)10-13-2-1-9-19-13/h1-2,9,11-12H,3-8,10H2,(H2,15,16,18). The van der Waals surface area contributed by atoms with E-state index in [-0.39, 0.29) is 0 Å². The van der Waals surface area contributed by atoms with Gasteiger partial charge < -0.3 is 10.6 Å². The minimum absolute atomic E-state index is 0.554. The molecular formula is C14H21N3S2. The average Bonchev–Trinajstić information content (AvgIpc) is 3.05. The van der Waals surface area contributed by atoms with Crippen LogP contribution in [0.4, 0.5) is 0 Å². The van der Waals surface area contributed by atoms with E-state index in [2.05, 4.69) is 33.0 Å². The van der Waals surface area contributed by atoms with Crippen LogP contribution in [0.2, 0.25) is 0 Å². The molecule has 0 radical (unpaired) electrons. The van der Waals surface area contributed by atoms with Crippen molar-refractivity contribution in [1.82, 2.24) is 15.5 Å². The number of piperidine rings is 1. The topological polar surface area (TPSA) is 27.3 Å². The van der Waals surface area contributed by atoms with Crippen molar-refractivity contribution in [2.24, 2.45) is 0 Å².